The van der Waals surface area contributed by atoms with E-state index in [1.807, 2.05) is 0 Å². The number of non-ortho nitro benzene ring substituents is 1. The maximum atomic E-state index is 13.0. The molecule has 34 heavy (non-hydrogen) atoms. The van der Waals surface area contributed by atoms with E-state index >= 15 is 0 Å². The molecular formula is C23H13Br2F3N2O4. The number of nitro groups is 1. The van der Waals surface area contributed by atoms with Crippen molar-refractivity contribution in [3.05, 3.63) is 95.9 Å². The molecule has 0 aromatic heterocycles. The summed E-state index contributed by atoms with van der Waals surface area (Å²) in [5.41, 5.74) is 1.20. The number of nitrogens with zero attached hydrogens (tertiary/aromatic N) is 1. The summed E-state index contributed by atoms with van der Waals surface area (Å²) in [5, 5.41) is 13.2. The van der Waals surface area contributed by atoms with E-state index in [0.717, 1.165) is 17.7 Å². The topological polar surface area (TPSA) is 81.5 Å². The Balaban J connectivity index is 1.56. The van der Waals surface area contributed by atoms with Gasteiger partial charge in [-0.15, -0.1) is 0 Å². The van der Waals surface area contributed by atoms with Crippen molar-refractivity contribution in [2.75, 3.05) is 5.32 Å². The van der Waals surface area contributed by atoms with Crippen molar-refractivity contribution < 1.29 is 27.6 Å². The van der Waals surface area contributed by atoms with Crippen LogP contribution in [0.15, 0.2) is 63.5 Å². The molecule has 6 nitrogen and oxygen atoms in total. The van der Waals surface area contributed by atoms with Gasteiger partial charge in [0.05, 0.1) is 19.4 Å². The van der Waals surface area contributed by atoms with Gasteiger partial charge >= 0.3 is 6.18 Å². The van der Waals surface area contributed by atoms with Crippen LogP contribution in [0.3, 0.4) is 0 Å². The van der Waals surface area contributed by atoms with E-state index < -0.39 is 22.6 Å². The molecule has 0 atom stereocenters. The molecule has 4 rings (SSSR count). The van der Waals surface area contributed by atoms with Crippen LogP contribution in [0.25, 0.3) is 11.6 Å². The maximum Gasteiger partial charge on any atom is 0.416 e. The lowest BCUT2D eigenvalue weighted by Gasteiger charge is -2.12. The van der Waals surface area contributed by atoms with Crippen molar-refractivity contribution in [1.29, 1.82) is 0 Å². The Morgan fingerprint density at radius 3 is 2.26 bits per heavy atom. The van der Waals surface area contributed by atoms with Crippen LogP contribution in [-0.2, 0) is 17.6 Å². The number of rotatable bonds is 5. The average molecular weight is 598 g/mol. The maximum absolute atomic E-state index is 13.0. The summed E-state index contributed by atoms with van der Waals surface area (Å²) in [4.78, 5) is 22.7. The van der Waals surface area contributed by atoms with Gasteiger partial charge in [0.2, 0.25) is 0 Å². The number of carbonyl (C=O) groups is 1. The number of amides is 1. The zero-order valence-electron chi connectivity index (χ0n) is 17.0. The van der Waals surface area contributed by atoms with Crippen LogP contribution in [0.5, 0.6) is 5.75 Å². The molecule has 174 valence electrons. The third-order valence-corrected chi connectivity index (χ3v) is 6.17. The fourth-order valence-corrected chi connectivity index (χ4v) is 4.80. The number of ether oxygens (including phenoxy) is 1. The van der Waals surface area contributed by atoms with Crippen molar-refractivity contribution in [3.63, 3.8) is 0 Å². The van der Waals surface area contributed by atoms with Gasteiger partial charge in [0.25, 0.3) is 11.6 Å². The molecule has 11 heteroatoms. The van der Waals surface area contributed by atoms with Gasteiger partial charge in [0.15, 0.2) is 0 Å². The fourth-order valence-electron chi connectivity index (χ4n) is 3.35. The second-order valence-corrected chi connectivity index (χ2v) is 9.00. The molecule has 0 unspecified atom stereocenters. The SMILES string of the molecule is O=C1Nc2cc(C(F)(F)F)ccc2/C1=C/c1cc(Br)c(OCc2ccc([N+](=O)[O-])cc2)c(Br)c1. The van der Waals surface area contributed by atoms with E-state index in [4.69, 9.17) is 4.74 Å². The molecular weight excluding hydrogens is 585 g/mol. The standard InChI is InChI=1S/C23H13Br2F3N2O4/c24-18-8-13(7-17-16-6-3-14(23(26,27)28)10-20(16)29-22(17)31)9-19(25)21(18)34-11-12-1-4-15(5-2-12)30(32)33/h1-10H,11H2,(H,29,31)/b17-7-. The van der Waals surface area contributed by atoms with Crippen molar-refractivity contribution >= 4 is 60.8 Å². The van der Waals surface area contributed by atoms with Gasteiger partial charge in [-0.1, -0.05) is 6.07 Å². The lowest BCUT2D eigenvalue weighted by Crippen LogP contribution is -2.06. The number of alkyl halides is 3. The summed E-state index contributed by atoms with van der Waals surface area (Å²) in [6.07, 6.45) is -2.93. The summed E-state index contributed by atoms with van der Waals surface area (Å²) in [7, 11) is 0. The lowest BCUT2D eigenvalue weighted by atomic mass is 10.0. The quantitative estimate of drug-likeness (QED) is 0.191. The van der Waals surface area contributed by atoms with Crippen LogP contribution in [0, 0.1) is 10.1 Å². The number of hydrogen-bond acceptors (Lipinski definition) is 4. The van der Waals surface area contributed by atoms with E-state index in [0.29, 0.717) is 25.8 Å². The van der Waals surface area contributed by atoms with E-state index in [1.54, 1.807) is 30.3 Å². The number of carbonyl (C=O) groups excluding carboxylic acids is 1. The molecule has 3 aromatic carbocycles. The molecule has 0 saturated carbocycles. The third kappa shape index (κ3) is 5.00. The molecule has 0 fully saturated rings. The summed E-state index contributed by atoms with van der Waals surface area (Å²) in [5.74, 6) is -0.0216. The second kappa shape index (κ2) is 9.22. The normalized spacial score (nSPS) is 14.1. The molecule has 1 N–H and O–H groups in total. The number of fused-ring (bicyclic) bond motifs is 1. The zero-order chi connectivity index (χ0) is 24.6. The summed E-state index contributed by atoms with van der Waals surface area (Å²) in [6.45, 7) is 0.160. The second-order valence-electron chi connectivity index (χ2n) is 7.30. The van der Waals surface area contributed by atoms with Crippen molar-refractivity contribution in [2.45, 2.75) is 12.8 Å². The molecule has 1 aliphatic rings. The minimum absolute atomic E-state index is 0.0179. The Hall–Kier alpha value is -3.18. The molecule has 0 spiro atoms. The van der Waals surface area contributed by atoms with Crippen molar-refractivity contribution in [3.8, 4) is 5.75 Å². The van der Waals surface area contributed by atoms with Crippen molar-refractivity contribution in [2.24, 2.45) is 0 Å². The van der Waals surface area contributed by atoms with Gasteiger partial charge in [-0.25, -0.2) is 0 Å². The average Bonchev–Trinajstić information content (AvgIpc) is 3.07. The van der Waals surface area contributed by atoms with E-state index in [9.17, 15) is 28.1 Å². The Kier molecular flexibility index (Phi) is 6.50. The highest BCUT2D eigenvalue weighted by Crippen LogP contribution is 2.40. The van der Waals surface area contributed by atoms with E-state index in [-0.39, 0.29) is 23.6 Å². The van der Waals surface area contributed by atoms with Crippen LogP contribution in [0.2, 0.25) is 0 Å². The number of halogens is 5. The largest absolute Gasteiger partial charge is 0.487 e. The fraction of sp³-hybridized carbons (Fsp3) is 0.0870. The van der Waals surface area contributed by atoms with Crippen LogP contribution < -0.4 is 10.1 Å². The summed E-state index contributed by atoms with van der Waals surface area (Å²) >= 11 is 6.86. The molecule has 1 heterocycles. The van der Waals surface area contributed by atoms with Gasteiger partial charge in [0.1, 0.15) is 12.4 Å². The van der Waals surface area contributed by atoms with Crippen molar-refractivity contribution in [1.82, 2.24) is 0 Å². The zero-order valence-corrected chi connectivity index (χ0v) is 20.1. The first-order valence-electron chi connectivity index (χ1n) is 9.63. The Morgan fingerprint density at radius 2 is 1.68 bits per heavy atom. The highest BCUT2D eigenvalue weighted by atomic mass is 79.9. The van der Waals surface area contributed by atoms with Gasteiger partial charge in [-0.2, -0.15) is 13.2 Å². The number of benzene rings is 3. The van der Waals surface area contributed by atoms with Gasteiger partial charge in [-0.05, 0) is 85.5 Å². The lowest BCUT2D eigenvalue weighted by molar-refractivity contribution is -0.384. The smallest absolute Gasteiger partial charge is 0.416 e. The van der Waals surface area contributed by atoms with Crippen LogP contribution in [-0.4, -0.2) is 10.8 Å². The van der Waals surface area contributed by atoms with Gasteiger partial charge in [0, 0.05) is 29.0 Å². The summed E-state index contributed by atoms with van der Waals surface area (Å²) < 4.78 is 45.9. The number of hydrogen-bond donors (Lipinski definition) is 1. The Bertz CT molecular complexity index is 1320. The number of nitro benzene ring substituents is 1. The first kappa shape index (κ1) is 24.0. The molecule has 0 aliphatic carbocycles. The monoisotopic (exact) mass is 596 g/mol. The molecule has 1 aliphatic heterocycles. The highest BCUT2D eigenvalue weighted by Gasteiger charge is 2.33. The van der Waals surface area contributed by atoms with Crippen LogP contribution >= 0.6 is 31.9 Å². The highest BCUT2D eigenvalue weighted by molar-refractivity contribution is 9.11. The Labute approximate surface area is 207 Å². The Morgan fingerprint density at radius 1 is 1.03 bits per heavy atom. The first-order valence-corrected chi connectivity index (χ1v) is 11.2. The van der Waals surface area contributed by atoms with E-state index in [2.05, 4.69) is 37.2 Å². The molecule has 1 amide bonds. The first-order chi connectivity index (χ1) is 16.0. The van der Waals surface area contributed by atoms with Crippen LogP contribution in [0.1, 0.15) is 22.3 Å². The predicted molar refractivity (Wildman–Crippen MR) is 127 cm³/mol. The minimum atomic E-state index is -4.51. The van der Waals surface area contributed by atoms with Gasteiger partial charge < -0.3 is 10.1 Å². The number of anilines is 1. The van der Waals surface area contributed by atoms with Crippen LogP contribution in [0.4, 0.5) is 24.5 Å². The summed E-state index contributed by atoms with van der Waals surface area (Å²) in [6, 6.07) is 12.5. The molecule has 3 aromatic rings. The van der Waals surface area contributed by atoms with Gasteiger partial charge in [-0.3, -0.25) is 14.9 Å². The molecule has 0 radical (unpaired) electrons. The van der Waals surface area contributed by atoms with E-state index in [1.165, 1.54) is 18.2 Å². The minimum Gasteiger partial charge on any atom is -0.487 e. The molecule has 0 saturated heterocycles. The molecule has 0 bridgehead atoms. The number of nitrogens with one attached hydrogen (secondary N) is 1. The third-order valence-electron chi connectivity index (χ3n) is 4.99. The predicted octanol–water partition coefficient (Wildman–Crippen LogP) is 7.21.